The molecule has 3 aromatic rings. The minimum Gasteiger partial charge on any atom is -0.330 e. The van der Waals surface area contributed by atoms with E-state index in [4.69, 9.17) is 5.73 Å². The van der Waals surface area contributed by atoms with E-state index >= 15 is 0 Å². The first kappa shape index (κ1) is 17.2. The average Bonchev–Trinajstić information content (AvgIpc) is 3.13. The van der Waals surface area contributed by atoms with Gasteiger partial charge in [0.2, 0.25) is 0 Å². The van der Waals surface area contributed by atoms with Crippen LogP contribution in [0.5, 0.6) is 0 Å². The van der Waals surface area contributed by atoms with Crippen molar-refractivity contribution in [2.24, 2.45) is 5.73 Å². The van der Waals surface area contributed by atoms with E-state index in [1.807, 2.05) is 30.3 Å². The second-order valence-corrected chi connectivity index (χ2v) is 7.77. The van der Waals surface area contributed by atoms with Gasteiger partial charge in [-0.1, -0.05) is 36.4 Å². The molecule has 1 heterocycles. The fraction of sp³-hybridized carbons (Fsp3) is 0.235. The summed E-state index contributed by atoms with van der Waals surface area (Å²) >= 11 is 0. The molecule has 3 rings (SSSR count). The Morgan fingerprint density at radius 3 is 2.48 bits per heavy atom. The minimum atomic E-state index is -3.44. The van der Waals surface area contributed by atoms with Crippen molar-refractivity contribution in [2.45, 2.75) is 17.7 Å². The molecule has 0 amide bonds. The number of aryl methyl sites for hydroxylation is 1. The average molecular weight is 357 g/mol. The van der Waals surface area contributed by atoms with E-state index in [-0.39, 0.29) is 4.90 Å². The van der Waals surface area contributed by atoms with Gasteiger partial charge in [-0.15, -0.1) is 5.10 Å². The quantitative estimate of drug-likeness (QED) is 0.695. The maximum atomic E-state index is 12.2. The van der Waals surface area contributed by atoms with Crippen LogP contribution in [0.15, 0.2) is 47.4 Å². The van der Waals surface area contributed by atoms with Crippen LogP contribution in [0.1, 0.15) is 12.0 Å². The number of tetrazole rings is 1. The number of aromatic nitrogens is 4. The summed E-state index contributed by atoms with van der Waals surface area (Å²) in [5, 5.41) is 13.7. The van der Waals surface area contributed by atoms with Gasteiger partial charge < -0.3 is 5.73 Å². The lowest BCUT2D eigenvalue weighted by molar-refractivity contribution is 0.602. The Hall–Kier alpha value is -2.58. The Labute approximate surface area is 146 Å². The van der Waals surface area contributed by atoms with Crippen LogP contribution in [0.3, 0.4) is 0 Å². The van der Waals surface area contributed by atoms with Crippen LogP contribution < -0.4 is 5.73 Å². The fourth-order valence-electron chi connectivity index (χ4n) is 2.75. The number of nitrogens with one attached hydrogen (secondary N) is 1. The molecule has 0 radical (unpaired) electrons. The molecule has 0 aliphatic rings. The van der Waals surface area contributed by atoms with Gasteiger partial charge in [0.1, 0.15) is 0 Å². The Morgan fingerprint density at radius 2 is 1.88 bits per heavy atom. The molecular weight excluding hydrogens is 338 g/mol. The number of benzene rings is 2. The van der Waals surface area contributed by atoms with Crippen molar-refractivity contribution >= 4 is 9.84 Å². The topological polar surface area (TPSA) is 115 Å². The minimum absolute atomic E-state index is 0.191. The molecule has 0 saturated carbocycles. The van der Waals surface area contributed by atoms with Crippen molar-refractivity contribution in [3.05, 3.63) is 48.0 Å². The molecule has 7 nitrogen and oxygen atoms in total. The molecule has 0 unspecified atom stereocenters. The van der Waals surface area contributed by atoms with Crippen molar-refractivity contribution < 1.29 is 8.42 Å². The third-order valence-electron chi connectivity index (χ3n) is 3.94. The van der Waals surface area contributed by atoms with E-state index in [0.29, 0.717) is 17.9 Å². The molecule has 0 bridgehead atoms. The molecule has 3 N–H and O–H groups in total. The van der Waals surface area contributed by atoms with Gasteiger partial charge in [-0.05, 0) is 52.6 Å². The summed E-state index contributed by atoms with van der Waals surface area (Å²) in [4.78, 5) is 0.191. The SMILES string of the molecule is CS(=O)(=O)c1cccc(-c2ccc(CCCN)cc2)c1-c1nnn[nH]1. The van der Waals surface area contributed by atoms with Crippen LogP contribution in [0.2, 0.25) is 0 Å². The van der Waals surface area contributed by atoms with Crippen LogP contribution in [0, 0.1) is 0 Å². The van der Waals surface area contributed by atoms with E-state index in [1.54, 1.807) is 12.1 Å². The van der Waals surface area contributed by atoms with Gasteiger partial charge in [-0.2, -0.15) is 0 Å². The maximum Gasteiger partial charge on any atom is 0.181 e. The molecule has 8 heteroatoms. The summed E-state index contributed by atoms with van der Waals surface area (Å²) in [5.41, 5.74) is 8.87. The van der Waals surface area contributed by atoms with Gasteiger partial charge in [-0.25, -0.2) is 13.5 Å². The first-order valence-electron chi connectivity index (χ1n) is 7.87. The lowest BCUT2D eigenvalue weighted by atomic mass is 9.97. The normalized spacial score (nSPS) is 11.6. The first-order valence-corrected chi connectivity index (χ1v) is 9.76. The highest BCUT2D eigenvalue weighted by molar-refractivity contribution is 7.90. The molecule has 130 valence electrons. The van der Waals surface area contributed by atoms with Crippen LogP contribution in [-0.2, 0) is 16.3 Å². The van der Waals surface area contributed by atoms with E-state index < -0.39 is 9.84 Å². The highest BCUT2D eigenvalue weighted by atomic mass is 32.2. The predicted molar refractivity (Wildman–Crippen MR) is 95.5 cm³/mol. The smallest absolute Gasteiger partial charge is 0.181 e. The Kier molecular flexibility index (Phi) is 4.91. The van der Waals surface area contributed by atoms with Crippen LogP contribution in [0.4, 0.5) is 0 Å². The van der Waals surface area contributed by atoms with E-state index in [2.05, 4.69) is 20.6 Å². The molecule has 0 spiro atoms. The summed E-state index contributed by atoms with van der Waals surface area (Å²) in [6.07, 6.45) is 3.02. The highest BCUT2D eigenvalue weighted by Crippen LogP contribution is 2.35. The molecule has 2 aromatic carbocycles. The maximum absolute atomic E-state index is 12.2. The summed E-state index contributed by atoms with van der Waals surface area (Å²) in [6, 6.07) is 13.2. The number of hydrogen-bond acceptors (Lipinski definition) is 6. The molecule has 0 saturated heterocycles. The monoisotopic (exact) mass is 357 g/mol. The van der Waals surface area contributed by atoms with Crippen molar-refractivity contribution in [3.63, 3.8) is 0 Å². The zero-order chi connectivity index (χ0) is 17.9. The number of rotatable bonds is 6. The second kappa shape index (κ2) is 7.12. The molecule has 25 heavy (non-hydrogen) atoms. The zero-order valence-corrected chi connectivity index (χ0v) is 14.6. The van der Waals surface area contributed by atoms with Gasteiger partial charge >= 0.3 is 0 Å². The van der Waals surface area contributed by atoms with Crippen molar-refractivity contribution in [1.82, 2.24) is 20.6 Å². The predicted octanol–water partition coefficient (Wildman–Crippen LogP) is 1.83. The largest absolute Gasteiger partial charge is 0.330 e. The van der Waals surface area contributed by atoms with Gasteiger partial charge in [0.25, 0.3) is 0 Å². The molecule has 0 fully saturated rings. The van der Waals surface area contributed by atoms with E-state index in [9.17, 15) is 8.42 Å². The Balaban J connectivity index is 2.13. The first-order chi connectivity index (χ1) is 12.0. The highest BCUT2D eigenvalue weighted by Gasteiger charge is 2.21. The summed E-state index contributed by atoms with van der Waals surface area (Å²) in [6.45, 7) is 0.654. The molecule has 0 aliphatic carbocycles. The lowest BCUT2D eigenvalue weighted by Crippen LogP contribution is -2.02. The number of nitrogens with zero attached hydrogens (tertiary/aromatic N) is 3. The van der Waals surface area contributed by atoms with Crippen molar-refractivity contribution in [3.8, 4) is 22.5 Å². The van der Waals surface area contributed by atoms with E-state index in [1.165, 1.54) is 11.8 Å². The third kappa shape index (κ3) is 3.75. The number of hydrogen-bond donors (Lipinski definition) is 2. The number of H-pyrrole nitrogens is 1. The van der Waals surface area contributed by atoms with Crippen LogP contribution in [0.25, 0.3) is 22.5 Å². The van der Waals surface area contributed by atoms with Crippen LogP contribution in [-0.4, -0.2) is 41.8 Å². The third-order valence-corrected chi connectivity index (χ3v) is 5.08. The Morgan fingerprint density at radius 1 is 1.12 bits per heavy atom. The molecule has 0 atom stereocenters. The standard InChI is InChI=1S/C17H19N5O2S/c1-25(23,24)15-6-2-5-14(16(15)17-19-21-22-20-17)13-9-7-12(8-10-13)4-3-11-18/h2,5-10H,3-4,11,18H2,1H3,(H,19,20,21,22). The van der Waals surface area contributed by atoms with Gasteiger partial charge in [0, 0.05) is 11.8 Å². The second-order valence-electron chi connectivity index (χ2n) is 5.79. The summed E-state index contributed by atoms with van der Waals surface area (Å²) in [7, 11) is -3.44. The summed E-state index contributed by atoms with van der Waals surface area (Å²) < 4.78 is 24.4. The molecule has 1 aromatic heterocycles. The van der Waals surface area contributed by atoms with E-state index in [0.717, 1.165) is 24.0 Å². The number of nitrogens with two attached hydrogens (primary N) is 1. The number of sulfone groups is 1. The van der Waals surface area contributed by atoms with Crippen LogP contribution >= 0.6 is 0 Å². The van der Waals surface area contributed by atoms with Gasteiger partial charge in [0.15, 0.2) is 15.7 Å². The fourth-order valence-corrected chi connectivity index (χ4v) is 3.65. The van der Waals surface area contributed by atoms with Gasteiger partial charge in [-0.3, -0.25) is 0 Å². The lowest BCUT2D eigenvalue weighted by Gasteiger charge is -2.12. The van der Waals surface area contributed by atoms with Crippen molar-refractivity contribution in [1.29, 1.82) is 0 Å². The summed E-state index contributed by atoms with van der Waals surface area (Å²) in [5.74, 6) is 0.322. The van der Waals surface area contributed by atoms with Crippen molar-refractivity contribution in [2.75, 3.05) is 12.8 Å². The molecule has 0 aliphatic heterocycles. The van der Waals surface area contributed by atoms with Gasteiger partial charge in [0.05, 0.1) is 4.90 Å². The number of aromatic amines is 1. The Bertz CT molecular complexity index is 951. The molecular formula is C17H19N5O2S. The zero-order valence-electron chi connectivity index (χ0n) is 13.8.